The lowest BCUT2D eigenvalue weighted by Gasteiger charge is -2.18. The maximum Gasteiger partial charge on any atom is 0.261 e. The number of halogens is 1. The average Bonchev–Trinajstić information content (AvgIpc) is 2.35. The van der Waals surface area contributed by atoms with Crippen LogP contribution in [0.3, 0.4) is 0 Å². The number of benzene rings is 1. The average molecular weight is 265 g/mol. The molecule has 1 aromatic carbocycles. The summed E-state index contributed by atoms with van der Waals surface area (Å²) in [4.78, 5) is 11.6. The number of hydrogen-bond acceptors (Lipinski definition) is 3. The van der Waals surface area contributed by atoms with Crippen molar-refractivity contribution in [3.05, 3.63) is 29.6 Å². The maximum atomic E-state index is 13.2. The fourth-order valence-corrected chi connectivity index (χ4v) is 1.48. The third-order valence-electron chi connectivity index (χ3n) is 2.46. The van der Waals surface area contributed by atoms with E-state index in [4.69, 9.17) is 11.2 Å². The van der Waals surface area contributed by atoms with Gasteiger partial charge in [-0.2, -0.15) is 0 Å². The molecule has 0 radical (unpaired) electrons. The van der Waals surface area contributed by atoms with Gasteiger partial charge in [0.2, 0.25) is 0 Å². The van der Waals surface area contributed by atoms with Gasteiger partial charge in [-0.05, 0) is 26.0 Å². The second kappa shape index (κ2) is 6.76. The van der Waals surface area contributed by atoms with E-state index in [0.717, 1.165) is 6.07 Å². The number of hydrogen-bond donors (Lipinski definition) is 2. The first-order valence-electron chi connectivity index (χ1n) is 5.81. The lowest BCUT2D eigenvalue weighted by molar-refractivity contribution is -0.127. The second-order valence-electron chi connectivity index (χ2n) is 4.04. The molecule has 5 heteroatoms. The number of aliphatic hydroxyl groups is 1. The van der Waals surface area contributed by atoms with Gasteiger partial charge in [-0.15, -0.1) is 6.42 Å². The van der Waals surface area contributed by atoms with Gasteiger partial charge < -0.3 is 15.2 Å². The fourth-order valence-electron chi connectivity index (χ4n) is 1.48. The Labute approximate surface area is 111 Å². The zero-order chi connectivity index (χ0) is 14.4. The van der Waals surface area contributed by atoms with Gasteiger partial charge in [-0.25, -0.2) is 4.39 Å². The molecular weight excluding hydrogens is 249 g/mol. The summed E-state index contributed by atoms with van der Waals surface area (Å²) in [5, 5.41) is 12.0. The van der Waals surface area contributed by atoms with Crippen LogP contribution < -0.4 is 10.1 Å². The summed E-state index contributed by atoms with van der Waals surface area (Å²) in [5.41, 5.74) is 0.415. The highest BCUT2D eigenvalue weighted by atomic mass is 19.1. The molecule has 1 unspecified atom stereocenters. The summed E-state index contributed by atoms with van der Waals surface area (Å²) in [5.74, 6) is 1.50. The Morgan fingerprint density at radius 2 is 2.26 bits per heavy atom. The van der Waals surface area contributed by atoms with Crippen molar-refractivity contribution in [3.63, 3.8) is 0 Å². The molecule has 0 aromatic heterocycles. The Morgan fingerprint density at radius 3 is 2.84 bits per heavy atom. The Kier molecular flexibility index (Phi) is 5.34. The largest absolute Gasteiger partial charge is 0.480 e. The number of carbonyl (C=O) groups excluding carboxylic acids is 1. The molecule has 0 heterocycles. The van der Waals surface area contributed by atoms with Gasteiger partial charge in [0.15, 0.2) is 6.10 Å². The van der Waals surface area contributed by atoms with E-state index in [0.29, 0.717) is 5.56 Å². The summed E-state index contributed by atoms with van der Waals surface area (Å²) in [6.45, 7) is 3.14. The minimum Gasteiger partial charge on any atom is -0.480 e. The van der Waals surface area contributed by atoms with Crippen molar-refractivity contribution in [1.29, 1.82) is 0 Å². The van der Waals surface area contributed by atoms with Crippen LogP contribution in [0.5, 0.6) is 5.75 Å². The molecule has 0 aliphatic rings. The van der Waals surface area contributed by atoms with Crippen LogP contribution in [0, 0.1) is 18.2 Å². The van der Waals surface area contributed by atoms with Crippen LogP contribution in [0.1, 0.15) is 25.5 Å². The maximum absolute atomic E-state index is 13.2. The molecule has 0 bridgehead atoms. The molecule has 0 saturated heterocycles. The van der Waals surface area contributed by atoms with Gasteiger partial charge in [-0.1, -0.05) is 5.92 Å². The predicted octanol–water partition coefficient (Wildman–Crippen LogP) is 1.40. The molecule has 1 rings (SSSR count). The number of ether oxygens (including phenoxy) is 1. The summed E-state index contributed by atoms with van der Waals surface area (Å²) in [6.07, 6.45) is 3.36. The number of rotatable bonds is 5. The van der Waals surface area contributed by atoms with E-state index < -0.39 is 23.9 Å². The van der Waals surface area contributed by atoms with Crippen LogP contribution in [0.15, 0.2) is 18.2 Å². The number of terminal acetylenes is 1. The number of aliphatic hydroxyl groups excluding tert-OH is 1. The molecule has 0 aliphatic heterocycles. The smallest absolute Gasteiger partial charge is 0.261 e. The summed E-state index contributed by atoms with van der Waals surface area (Å²) in [6, 6.07) is 3.77. The topological polar surface area (TPSA) is 58.6 Å². The van der Waals surface area contributed by atoms with Gasteiger partial charge in [0.05, 0.1) is 12.6 Å². The second-order valence-corrected chi connectivity index (χ2v) is 4.04. The SMILES string of the molecule is C#CCNC(=O)C(C)Oc1cc(F)ccc1[C@H](C)O. The van der Waals surface area contributed by atoms with Gasteiger partial charge in [0, 0.05) is 11.6 Å². The molecule has 19 heavy (non-hydrogen) atoms. The molecule has 0 spiro atoms. The molecule has 2 atom stereocenters. The van der Waals surface area contributed by atoms with E-state index in [1.54, 1.807) is 0 Å². The first-order valence-corrected chi connectivity index (χ1v) is 5.81. The zero-order valence-corrected chi connectivity index (χ0v) is 10.8. The van der Waals surface area contributed by atoms with E-state index in [9.17, 15) is 14.3 Å². The summed E-state index contributed by atoms with van der Waals surface area (Å²) < 4.78 is 18.5. The Balaban J connectivity index is 2.84. The van der Waals surface area contributed by atoms with Crippen molar-refractivity contribution >= 4 is 5.91 Å². The van der Waals surface area contributed by atoms with E-state index >= 15 is 0 Å². The van der Waals surface area contributed by atoms with Crippen molar-refractivity contribution < 1.29 is 19.0 Å². The van der Waals surface area contributed by atoms with E-state index in [-0.39, 0.29) is 12.3 Å². The van der Waals surface area contributed by atoms with Crippen molar-refractivity contribution in [2.45, 2.75) is 26.1 Å². The van der Waals surface area contributed by atoms with Gasteiger partial charge in [-0.3, -0.25) is 4.79 Å². The lowest BCUT2D eigenvalue weighted by atomic mass is 10.1. The normalized spacial score (nSPS) is 13.2. The third-order valence-corrected chi connectivity index (χ3v) is 2.46. The van der Waals surface area contributed by atoms with Gasteiger partial charge in [0.1, 0.15) is 11.6 Å². The predicted molar refractivity (Wildman–Crippen MR) is 69.0 cm³/mol. The van der Waals surface area contributed by atoms with Gasteiger partial charge in [0.25, 0.3) is 5.91 Å². The highest BCUT2D eigenvalue weighted by Crippen LogP contribution is 2.26. The van der Waals surface area contributed by atoms with Gasteiger partial charge >= 0.3 is 0 Å². The van der Waals surface area contributed by atoms with E-state index in [1.807, 2.05) is 0 Å². The fraction of sp³-hybridized carbons (Fsp3) is 0.357. The molecule has 4 nitrogen and oxygen atoms in total. The Bertz CT molecular complexity index is 494. The quantitative estimate of drug-likeness (QED) is 0.791. The number of amides is 1. The highest BCUT2D eigenvalue weighted by Gasteiger charge is 2.17. The molecule has 1 amide bonds. The highest BCUT2D eigenvalue weighted by molar-refractivity contribution is 5.80. The minimum absolute atomic E-state index is 0.0962. The van der Waals surface area contributed by atoms with Crippen LogP contribution in [-0.2, 0) is 4.79 Å². The molecule has 0 saturated carbocycles. The van der Waals surface area contributed by atoms with Crippen LogP contribution in [0.25, 0.3) is 0 Å². The van der Waals surface area contributed by atoms with Crippen LogP contribution >= 0.6 is 0 Å². The van der Waals surface area contributed by atoms with Crippen molar-refractivity contribution in [1.82, 2.24) is 5.32 Å². The van der Waals surface area contributed by atoms with E-state index in [2.05, 4.69) is 11.2 Å². The van der Waals surface area contributed by atoms with Crippen molar-refractivity contribution in [2.75, 3.05) is 6.54 Å². The molecule has 0 aliphatic carbocycles. The number of carbonyl (C=O) groups is 1. The first-order chi connectivity index (χ1) is 8.95. The van der Waals surface area contributed by atoms with Crippen LogP contribution in [0.2, 0.25) is 0 Å². The molecule has 2 N–H and O–H groups in total. The lowest BCUT2D eigenvalue weighted by Crippen LogP contribution is -2.36. The molecule has 102 valence electrons. The van der Waals surface area contributed by atoms with E-state index in [1.165, 1.54) is 26.0 Å². The van der Waals surface area contributed by atoms with Crippen molar-refractivity contribution in [3.8, 4) is 18.1 Å². The molecular formula is C14H16FNO3. The third kappa shape index (κ3) is 4.27. The Hall–Kier alpha value is -2.06. The summed E-state index contributed by atoms with van der Waals surface area (Å²) >= 11 is 0. The zero-order valence-electron chi connectivity index (χ0n) is 10.8. The Morgan fingerprint density at radius 1 is 1.58 bits per heavy atom. The standard InChI is InChI=1S/C14H16FNO3/c1-4-7-16-14(18)10(3)19-13-8-11(15)5-6-12(13)9(2)17/h1,5-6,8-10,17H,7H2,2-3H3,(H,16,18)/t9-,10?/m0/s1. The monoisotopic (exact) mass is 265 g/mol. The van der Waals surface area contributed by atoms with Crippen LogP contribution in [-0.4, -0.2) is 23.7 Å². The summed E-state index contributed by atoms with van der Waals surface area (Å²) in [7, 11) is 0. The minimum atomic E-state index is -0.840. The first kappa shape index (κ1) is 15.0. The molecule has 1 aromatic rings. The molecule has 0 fully saturated rings. The number of nitrogens with one attached hydrogen (secondary N) is 1. The van der Waals surface area contributed by atoms with Crippen LogP contribution in [0.4, 0.5) is 4.39 Å². The van der Waals surface area contributed by atoms with Crippen molar-refractivity contribution in [2.24, 2.45) is 0 Å².